The predicted molar refractivity (Wildman–Crippen MR) is 95.9 cm³/mol. The van der Waals surface area contributed by atoms with E-state index in [4.69, 9.17) is 0 Å². The summed E-state index contributed by atoms with van der Waals surface area (Å²) in [5.41, 5.74) is 0.961. The molecule has 132 valence electrons. The van der Waals surface area contributed by atoms with E-state index in [1.807, 2.05) is 12.1 Å². The summed E-state index contributed by atoms with van der Waals surface area (Å²) in [5, 5.41) is 8.60. The Kier molecular flexibility index (Phi) is 4.32. The Morgan fingerprint density at radius 1 is 1.20 bits per heavy atom. The van der Waals surface area contributed by atoms with E-state index in [0.29, 0.717) is 18.8 Å². The molecule has 0 atom stereocenters. The maximum Gasteiger partial charge on any atom is 0.270 e. The summed E-state index contributed by atoms with van der Waals surface area (Å²) in [6, 6.07) is 8.65. The van der Waals surface area contributed by atoms with Gasteiger partial charge in [0.1, 0.15) is 5.69 Å². The third kappa shape index (κ3) is 3.55. The van der Waals surface area contributed by atoms with Crippen LogP contribution in [0.5, 0.6) is 0 Å². The van der Waals surface area contributed by atoms with Crippen molar-refractivity contribution in [2.45, 2.75) is 32.2 Å². The number of aromatic nitrogens is 3. The van der Waals surface area contributed by atoms with Crippen LogP contribution >= 0.6 is 0 Å². The first-order valence-electron chi connectivity index (χ1n) is 8.31. The standard InChI is InChI=1S/C18H23N5O2/c1-18(2,3)14-8-9-15(21-20-14)23-10-12(11-23)22(4)17(25)13-6-5-7-16(24)19-13/h5-9,12H,10-11H2,1-4H3,(H,19,24). The number of amides is 1. The number of nitrogens with one attached hydrogen (secondary N) is 1. The summed E-state index contributed by atoms with van der Waals surface area (Å²) in [6.45, 7) is 7.70. The first kappa shape index (κ1) is 17.1. The van der Waals surface area contributed by atoms with E-state index < -0.39 is 0 Å². The van der Waals surface area contributed by atoms with E-state index >= 15 is 0 Å². The summed E-state index contributed by atoms with van der Waals surface area (Å²) < 4.78 is 0. The number of rotatable bonds is 3. The third-order valence-corrected chi connectivity index (χ3v) is 4.47. The van der Waals surface area contributed by atoms with Crippen molar-refractivity contribution in [1.29, 1.82) is 0 Å². The first-order chi connectivity index (χ1) is 11.8. The number of hydrogen-bond acceptors (Lipinski definition) is 5. The van der Waals surface area contributed by atoms with Gasteiger partial charge in [-0.05, 0) is 18.2 Å². The molecule has 7 nitrogen and oxygen atoms in total. The Hall–Kier alpha value is -2.70. The summed E-state index contributed by atoms with van der Waals surface area (Å²) >= 11 is 0. The molecule has 1 aliphatic heterocycles. The number of aromatic amines is 1. The summed E-state index contributed by atoms with van der Waals surface area (Å²) in [5.74, 6) is 0.634. The Morgan fingerprint density at radius 3 is 2.48 bits per heavy atom. The average Bonchev–Trinajstić information content (AvgIpc) is 2.52. The zero-order chi connectivity index (χ0) is 18.2. The van der Waals surface area contributed by atoms with E-state index in [1.165, 1.54) is 6.07 Å². The number of hydrogen-bond donors (Lipinski definition) is 1. The normalized spacial score (nSPS) is 15.0. The lowest BCUT2D eigenvalue weighted by molar-refractivity contribution is 0.0698. The van der Waals surface area contributed by atoms with Gasteiger partial charge in [0.05, 0.1) is 11.7 Å². The molecule has 3 heterocycles. The van der Waals surface area contributed by atoms with Crippen molar-refractivity contribution >= 4 is 11.7 Å². The topological polar surface area (TPSA) is 82.2 Å². The Bertz CT molecular complexity index is 816. The van der Waals surface area contributed by atoms with Gasteiger partial charge >= 0.3 is 0 Å². The third-order valence-electron chi connectivity index (χ3n) is 4.47. The van der Waals surface area contributed by atoms with E-state index in [9.17, 15) is 9.59 Å². The van der Waals surface area contributed by atoms with Crippen LogP contribution in [0.3, 0.4) is 0 Å². The zero-order valence-corrected chi connectivity index (χ0v) is 15.0. The average molecular weight is 341 g/mol. The second-order valence-corrected chi connectivity index (χ2v) is 7.43. The van der Waals surface area contributed by atoms with Gasteiger partial charge in [0.15, 0.2) is 5.82 Å². The van der Waals surface area contributed by atoms with Gasteiger partial charge in [0.2, 0.25) is 5.56 Å². The minimum absolute atomic E-state index is 0.0255. The molecular weight excluding hydrogens is 318 g/mol. The molecule has 2 aromatic rings. The number of carbonyl (C=O) groups is 1. The summed E-state index contributed by atoms with van der Waals surface area (Å²) in [4.78, 5) is 30.1. The molecule has 1 saturated heterocycles. The summed E-state index contributed by atoms with van der Waals surface area (Å²) in [7, 11) is 1.75. The van der Waals surface area contributed by atoms with Gasteiger partial charge in [0.25, 0.3) is 5.91 Å². The van der Waals surface area contributed by atoms with E-state index in [2.05, 4.69) is 40.9 Å². The van der Waals surface area contributed by atoms with Crippen molar-refractivity contribution < 1.29 is 4.79 Å². The highest BCUT2D eigenvalue weighted by Crippen LogP contribution is 2.24. The van der Waals surface area contributed by atoms with Gasteiger partial charge in [-0.15, -0.1) is 5.10 Å². The Balaban J connectivity index is 1.62. The zero-order valence-electron chi connectivity index (χ0n) is 15.0. The monoisotopic (exact) mass is 341 g/mol. The Morgan fingerprint density at radius 2 is 1.92 bits per heavy atom. The van der Waals surface area contributed by atoms with Crippen LogP contribution in [0.1, 0.15) is 37.0 Å². The van der Waals surface area contributed by atoms with Crippen LogP contribution in [0.25, 0.3) is 0 Å². The van der Waals surface area contributed by atoms with Crippen LogP contribution in [0.2, 0.25) is 0 Å². The lowest BCUT2D eigenvalue weighted by atomic mass is 9.92. The van der Waals surface area contributed by atoms with Crippen molar-refractivity contribution in [2.75, 3.05) is 25.0 Å². The minimum atomic E-state index is -0.274. The molecule has 0 unspecified atom stereocenters. The number of anilines is 1. The molecule has 1 N–H and O–H groups in total. The van der Waals surface area contributed by atoms with Crippen molar-refractivity contribution in [3.8, 4) is 0 Å². The molecule has 0 saturated carbocycles. The van der Waals surface area contributed by atoms with Gasteiger partial charge in [-0.25, -0.2) is 0 Å². The lowest BCUT2D eigenvalue weighted by Gasteiger charge is -2.44. The molecule has 0 bridgehead atoms. The molecule has 0 aromatic carbocycles. The van der Waals surface area contributed by atoms with Crippen LogP contribution in [0.15, 0.2) is 35.1 Å². The summed E-state index contributed by atoms with van der Waals surface area (Å²) in [6.07, 6.45) is 0. The lowest BCUT2D eigenvalue weighted by Crippen LogP contribution is -2.60. The first-order valence-corrected chi connectivity index (χ1v) is 8.31. The second kappa shape index (κ2) is 6.31. The fraction of sp³-hybridized carbons (Fsp3) is 0.444. The van der Waals surface area contributed by atoms with Gasteiger partial charge in [-0.3, -0.25) is 9.59 Å². The molecule has 2 aromatic heterocycles. The van der Waals surface area contributed by atoms with E-state index in [0.717, 1.165) is 11.5 Å². The maximum atomic E-state index is 12.4. The number of nitrogens with zero attached hydrogens (tertiary/aromatic N) is 4. The van der Waals surface area contributed by atoms with Crippen molar-refractivity contribution in [1.82, 2.24) is 20.1 Å². The van der Waals surface area contributed by atoms with Crippen LogP contribution < -0.4 is 10.5 Å². The molecule has 0 radical (unpaired) electrons. The molecule has 0 spiro atoms. The number of H-pyrrole nitrogens is 1. The Labute approximate surface area is 146 Å². The molecule has 1 amide bonds. The largest absolute Gasteiger partial charge is 0.351 e. The maximum absolute atomic E-state index is 12.4. The van der Waals surface area contributed by atoms with Crippen molar-refractivity contribution in [3.63, 3.8) is 0 Å². The fourth-order valence-corrected chi connectivity index (χ4v) is 2.71. The van der Waals surface area contributed by atoms with Crippen LogP contribution in [-0.2, 0) is 5.41 Å². The molecule has 0 aliphatic carbocycles. The minimum Gasteiger partial charge on any atom is -0.351 e. The molecular formula is C18H23N5O2. The highest BCUT2D eigenvalue weighted by Gasteiger charge is 2.34. The van der Waals surface area contributed by atoms with Crippen LogP contribution in [-0.4, -0.2) is 52.2 Å². The van der Waals surface area contributed by atoms with E-state index in [1.54, 1.807) is 24.1 Å². The van der Waals surface area contributed by atoms with Gasteiger partial charge in [0, 0.05) is 31.6 Å². The number of likely N-dealkylation sites (N-methyl/N-ethyl adjacent to an activating group) is 1. The molecule has 1 fully saturated rings. The predicted octanol–water partition coefficient (Wildman–Crippen LogP) is 1.42. The van der Waals surface area contributed by atoms with Gasteiger partial charge in [-0.1, -0.05) is 26.8 Å². The second-order valence-electron chi connectivity index (χ2n) is 7.43. The smallest absolute Gasteiger partial charge is 0.270 e. The molecule has 25 heavy (non-hydrogen) atoms. The van der Waals surface area contributed by atoms with Crippen LogP contribution in [0, 0.1) is 0 Å². The highest BCUT2D eigenvalue weighted by molar-refractivity contribution is 5.92. The quantitative estimate of drug-likeness (QED) is 0.913. The fourth-order valence-electron chi connectivity index (χ4n) is 2.71. The van der Waals surface area contributed by atoms with E-state index in [-0.39, 0.29) is 22.9 Å². The SMILES string of the molecule is CN(C(=O)c1cccc(=O)[nH]1)C1CN(c2ccc(C(C)(C)C)nn2)C1. The van der Waals surface area contributed by atoms with Crippen molar-refractivity contribution in [2.24, 2.45) is 0 Å². The number of pyridine rings is 1. The van der Waals surface area contributed by atoms with Gasteiger partial charge in [-0.2, -0.15) is 5.10 Å². The van der Waals surface area contributed by atoms with Crippen molar-refractivity contribution in [3.05, 3.63) is 52.1 Å². The number of carbonyl (C=O) groups excluding carboxylic acids is 1. The molecule has 7 heteroatoms. The highest BCUT2D eigenvalue weighted by atomic mass is 16.2. The molecule has 1 aliphatic rings. The molecule has 3 rings (SSSR count). The van der Waals surface area contributed by atoms with Crippen LogP contribution in [0.4, 0.5) is 5.82 Å². The van der Waals surface area contributed by atoms with Gasteiger partial charge < -0.3 is 14.8 Å².